The van der Waals surface area contributed by atoms with E-state index in [4.69, 9.17) is 12.2 Å². The van der Waals surface area contributed by atoms with E-state index in [0.29, 0.717) is 47.3 Å². The van der Waals surface area contributed by atoms with Crippen LogP contribution in [-0.4, -0.2) is 63.1 Å². The molecule has 0 aliphatic heterocycles. The molecule has 0 fully saturated rings. The highest BCUT2D eigenvalue weighted by Crippen LogP contribution is 2.40. The maximum atomic E-state index is 14.7. The largest absolute Gasteiger partial charge is 0.418 e. The third-order valence-electron chi connectivity index (χ3n) is 10.5. The van der Waals surface area contributed by atoms with Gasteiger partial charge in [-0.25, -0.2) is 4.39 Å². The summed E-state index contributed by atoms with van der Waals surface area (Å²) in [5, 5.41) is 21.7. The van der Waals surface area contributed by atoms with Crippen molar-refractivity contribution in [3.8, 4) is 0 Å². The molecule has 0 radical (unpaired) electrons. The van der Waals surface area contributed by atoms with Gasteiger partial charge in [0.05, 0.1) is 28.5 Å². The van der Waals surface area contributed by atoms with E-state index in [-0.39, 0.29) is 55.3 Å². The molecule has 0 bridgehead atoms. The Bertz CT molecular complexity index is 1780. The highest BCUT2D eigenvalue weighted by molar-refractivity contribution is 7.80. The number of halogens is 4. The second kappa shape index (κ2) is 17.9. The number of alkyl halides is 3. The number of carbonyl (C=O) groups is 3. The number of hydrogen-bond donors (Lipinski definition) is 6. The molecule has 290 valence electrons. The molecule has 1 aliphatic carbocycles. The average Bonchev–Trinajstić information content (AvgIpc) is 3.49. The number of carbonyl (C=O) groups excluding carboxylic acids is 3. The van der Waals surface area contributed by atoms with E-state index in [1.807, 2.05) is 27.7 Å². The van der Waals surface area contributed by atoms with Crippen LogP contribution in [0.4, 0.5) is 17.6 Å². The van der Waals surface area contributed by atoms with Crippen LogP contribution in [0.2, 0.25) is 0 Å². The van der Waals surface area contributed by atoms with Gasteiger partial charge in [-0.15, -0.1) is 0 Å². The number of benzene rings is 2. The fourth-order valence-electron chi connectivity index (χ4n) is 6.90. The number of para-hydroxylation sites is 1. The summed E-state index contributed by atoms with van der Waals surface area (Å²) in [7, 11) is 0. The van der Waals surface area contributed by atoms with E-state index in [0.717, 1.165) is 6.07 Å². The number of H-pyrrole nitrogens is 1. The number of aliphatic hydroxyl groups is 1. The van der Waals surface area contributed by atoms with E-state index < -0.39 is 58.8 Å². The summed E-state index contributed by atoms with van der Waals surface area (Å²) in [6, 6.07) is 7.87. The molecule has 0 saturated carbocycles. The number of aliphatic hydroxyl groups excluding tert-OH is 1. The van der Waals surface area contributed by atoms with Gasteiger partial charge in [0, 0.05) is 30.1 Å². The fourth-order valence-corrected chi connectivity index (χ4v) is 7.40. The Kier molecular flexibility index (Phi) is 14.1. The SMILES string of the molecule is CCC(C)[C@H](NC(=O)Cc1ccccc1F)C(=O)N[C@]1(C(=O)N[C@H](C(=S)NC(C)CCCO)C(C)CC)CCc2[nH]c3c(C(F)(F)F)cccc3c2C1. The first-order valence-corrected chi connectivity index (χ1v) is 18.7. The van der Waals surface area contributed by atoms with Crippen molar-refractivity contribution in [3.05, 3.63) is 70.7 Å². The highest BCUT2D eigenvalue weighted by Gasteiger charge is 2.47. The van der Waals surface area contributed by atoms with Gasteiger partial charge in [-0.3, -0.25) is 14.4 Å². The normalized spacial score (nSPS) is 18.6. The van der Waals surface area contributed by atoms with Crippen LogP contribution < -0.4 is 21.3 Å². The van der Waals surface area contributed by atoms with E-state index in [1.54, 1.807) is 19.1 Å². The van der Waals surface area contributed by atoms with Crippen molar-refractivity contribution in [3.63, 3.8) is 0 Å². The van der Waals surface area contributed by atoms with Gasteiger partial charge in [-0.1, -0.05) is 83.1 Å². The molecule has 1 heterocycles. The van der Waals surface area contributed by atoms with Gasteiger partial charge in [-0.2, -0.15) is 13.2 Å². The van der Waals surface area contributed by atoms with Gasteiger partial charge in [0.25, 0.3) is 0 Å². The first-order valence-electron chi connectivity index (χ1n) is 18.3. The van der Waals surface area contributed by atoms with E-state index >= 15 is 0 Å². The van der Waals surface area contributed by atoms with Crippen LogP contribution in [0.3, 0.4) is 0 Å². The summed E-state index contributed by atoms with van der Waals surface area (Å²) < 4.78 is 56.6. The molecule has 1 aliphatic rings. The Morgan fingerprint density at radius 3 is 2.28 bits per heavy atom. The molecular formula is C39H51F4N5O4S. The predicted octanol–water partition coefficient (Wildman–Crippen LogP) is 6.05. The molecule has 1 aromatic heterocycles. The molecule has 2 aromatic carbocycles. The van der Waals surface area contributed by atoms with Crippen molar-refractivity contribution in [2.45, 2.75) is 116 Å². The average molecular weight is 762 g/mol. The van der Waals surface area contributed by atoms with Crippen LogP contribution in [0.5, 0.6) is 0 Å². The van der Waals surface area contributed by atoms with Crippen molar-refractivity contribution < 1.29 is 37.1 Å². The van der Waals surface area contributed by atoms with Crippen LogP contribution in [0.15, 0.2) is 42.5 Å². The third kappa shape index (κ3) is 9.94. The highest BCUT2D eigenvalue weighted by atomic mass is 32.1. The lowest BCUT2D eigenvalue weighted by molar-refractivity contribution is -0.137. The first kappa shape index (κ1) is 41.7. The lowest BCUT2D eigenvalue weighted by Crippen LogP contribution is -2.67. The van der Waals surface area contributed by atoms with Gasteiger partial charge in [0.15, 0.2) is 0 Å². The minimum Gasteiger partial charge on any atom is -0.396 e. The van der Waals surface area contributed by atoms with E-state index in [9.17, 15) is 37.1 Å². The molecular weight excluding hydrogens is 711 g/mol. The third-order valence-corrected chi connectivity index (χ3v) is 10.9. The summed E-state index contributed by atoms with van der Waals surface area (Å²) in [4.78, 5) is 45.6. The fraction of sp³-hybridized carbons (Fsp3) is 0.538. The van der Waals surface area contributed by atoms with Gasteiger partial charge in [-0.05, 0) is 67.7 Å². The van der Waals surface area contributed by atoms with Crippen molar-refractivity contribution in [2.75, 3.05) is 6.61 Å². The minimum atomic E-state index is -4.62. The number of thiocarbonyl (C=S) groups is 1. The first-order chi connectivity index (χ1) is 25.0. The second-order valence-corrected chi connectivity index (χ2v) is 14.8. The van der Waals surface area contributed by atoms with Crippen LogP contribution in [0.1, 0.15) is 89.1 Å². The van der Waals surface area contributed by atoms with Crippen LogP contribution in [0.25, 0.3) is 10.9 Å². The Hall–Kier alpha value is -4.04. The number of aromatic amines is 1. The minimum absolute atomic E-state index is 0.0219. The number of aryl methyl sites for hydroxylation is 1. The molecule has 0 saturated heterocycles. The van der Waals surface area contributed by atoms with Crippen molar-refractivity contribution >= 4 is 45.8 Å². The summed E-state index contributed by atoms with van der Waals surface area (Å²) in [5.74, 6) is -2.88. The summed E-state index contributed by atoms with van der Waals surface area (Å²) in [5.41, 5.74) is -1.38. The molecule has 0 spiro atoms. The molecule has 3 unspecified atom stereocenters. The Morgan fingerprint density at radius 2 is 1.64 bits per heavy atom. The maximum absolute atomic E-state index is 14.7. The molecule has 6 N–H and O–H groups in total. The van der Waals surface area contributed by atoms with Crippen molar-refractivity contribution in [1.29, 1.82) is 0 Å². The lowest BCUT2D eigenvalue weighted by atomic mass is 9.78. The number of amides is 3. The quantitative estimate of drug-likeness (QED) is 0.0778. The molecule has 3 aromatic rings. The summed E-state index contributed by atoms with van der Waals surface area (Å²) >= 11 is 5.79. The molecule has 9 nitrogen and oxygen atoms in total. The number of fused-ring (bicyclic) bond motifs is 3. The Balaban J connectivity index is 1.73. The van der Waals surface area contributed by atoms with Gasteiger partial charge in [0.1, 0.15) is 17.4 Å². The monoisotopic (exact) mass is 761 g/mol. The molecule has 4 rings (SSSR count). The van der Waals surface area contributed by atoms with E-state index in [1.165, 1.54) is 24.3 Å². The number of nitrogens with one attached hydrogen (secondary N) is 5. The summed E-state index contributed by atoms with van der Waals surface area (Å²) in [6.07, 6.45) is -2.54. The molecule has 6 atom stereocenters. The Labute approximate surface area is 313 Å². The zero-order valence-corrected chi connectivity index (χ0v) is 31.7. The number of aromatic nitrogens is 1. The number of rotatable bonds is 16. The lowest BCUT2D eigenvalue weighted by Gasteiger charge is -2.40. The van der Waals surface area contributed by atoms with Crippen LogP contribution >= 0.6 is 12.2 Å². The smallest absolute Gasteiger partial charge is 0.396 e. The molecule has 53 heavy (non-hydrogen) atoms. The maximum Gasteiger partial charge on any atom is 0.418 e. The molecule has 3 amide bonds. The van der Waals surface area contributed by atoms with Gasteiger partial charge < -0.3 is 31.4 Å². The number of hydrogen-bond acceptors (Lipinski definition) is 5. The Morgan fingerprint density at radius 1 is 0.962 bits per heavy atom. The van der Waals surface area contributed by atoms with Crippen molar-refractivity contribution in [1.82, 2.24) is 26.3 Å². The van der Waals surface area contributed by atoms with Crippen molar-refractivity contribution in [2.24, 2.45) is 11.8 Å². The standard InChI is InChI=1S/C39H51F4N5O4S/c1-6-22(3)32(46-31(50)20-25-13-8-9-16-29(25)40)35(51)48-38(37(52)47-33(23(4)7-2)36(53)44-24(5)12-11-19-49)18-17-30-27(21-38)26-14-10-15-28(34(26)45-30)39(41,42)43/h8-10,13-16,22-24,32-33,45,49H,6-7,11-12,17-21H2,1-5H3,(H,44,53)(H,46,50)(H,47,52)(H,48,51)/t22?,23?,24?,32-,33-,38+/m0/s1. The molecule has 14 heteroatoms. The topological polar surface area (TPSA) is 135 Å². The van der Waals surface area contributed by atoms with Gasteiger partial charge >= 0.3 is 6.18 Å². The zero-order valence-electron chi connectivity index (χ0n) is 30.9. The predicted molar refractivity (Wildman–Crippen MR) is 201 cm³/mol. The van der Waals surface area contributed by atoms with Gasteiger partial charge in [0.2, 0.25) is 17.7 Å². The van der Waals surface area contributed by atoms with E-state index in [2.05, 4.69) is 26.3 Å². The summed E-state index contributed by atoms with van der Waals surface area (Å²) in [6.45, 7) is 9.46. The zero-order chi connectivity index (χ0) is 39.1. The second-order valence-electron chi connectivity index (χ2n) is 14.4. The van der Waals surface area contributed by atoms with Crippen LogP contribution in [0, 0.1) is 17.7 Å². The van der Waals surface area contributed by atoms with Crippen LogP contribution in [-0.2, 0) is 39.8 Å².